The minimum atomic E-state index is -5.00. The number of carbonyl (C=O) groups is 3. The molecular weight excluding hydrogens is 807 g/mol. The number of nitrogens with zero attached hydrogens (tertiary/aromatic N) is 2. The lowest BCUT2D eigenvalue weighted by Gasteiger charge is -2.23. The van der Waals surface area contributed by atoms with E-state index < -0.39 is 73.5 Å². The predicted molar refractivity (Wildman–Crippen MR) is 199 cm³/mol. The lowest BCUT2D eigenvalue weighted by atomic mass is 10.1. The van der Waals surface area contributed by atoms with Gasteiger partial charge in [0.05, 0.1) is 22.9 Å². The number of amides is 3. The van der Waals surface area contributed by atoms with E-state index in [4.69, 9.17) is 0 Å². The summed E-state index contributed by atoms with van der Waals surface area (Å²) >= 11 is 0. The molecule has 0 aliphatic carbocycles. The van der Waals surface area contributed by atoms with Crippen molar-refractivity contribution in [3.8, 4) is 0 Å². The molecular formula is C36H34F7N7O9. The fourth-order valence-electron chi connectivity index (χ4n) is 4.68. The van der Waals surface area contributed by atoms with Crippen LogP contribution in [0.4, 0.5) is 70.5 Å². The number of carbonyl (C=O) groups excluding carboxylic acids is 3. The summed E-state index contributed by atoms with van der Waals surface area (Å²) in [6.45, 7) is 3.00. The number of benzene rings is 4. The second-order valence-electron chi connectivity index (χ2n) is 12.9. The van der Waals surface area contributed by atoms with Gasteiger partial charge < -0.3 is 36.8 Å². The van der Waals surface area contributed by atoms with Crippen molar-refractivity contribution in [2.75, 3.05) is 39.7 Å². The number of hydrogen-bond donors (Lipinski definition) is 7. The van der Waals surface area contributed by atoms with E-state index in [9.17, 15) is 75.6 Å². The summed E-state index contributed by atoms with van der Waals surface area (Å²) in [7, 11) is 0. The van der Waals surface area contributed by atoms with E-state index in [-0.39, 0.29) is 30.4 Å². The van der Waals surface area contributed by atoms with Crippen LogP contribution >= 0.6 is 0 Å². The molecule has 23 heteroatoms. The molecule has 0 saturated heterocycles. The Labute approximate surface area is 328 Å². The Morgan fingerprint density at radius 3 is 1.22 bits per heavy atom. The molecule has 4 aromatic rings. The van der Waals surface area contributed by atoms with Gasteiger partial charge in [0.15, 0.2) is 11.2 Å². The molecule has 0 heterocycles. The zero-order chi connectivity index (χ0) is 44.5. The van der Waals surface area contributed by atoms with Crippen LogP contribution < -0.4 is 26.6 Å². The quantitative estimate of drug-likeness (QED) is 0.0414. The first-order chi connectivity index (χ1) is 27.2. The lowest BCUT2D eigenvalue weighted by Crippen LogP contribution is -2.45. The van der Waals surface area contributed by atoms with E-state index >= 15 is 0 Å². The Hall–Kier alpha value is -6.88. The van der Waals surface area contributed by atoms with Crippen LogP contribution in [0.5, 0.6) is 0 Å². The van der Waals surface area contributed by atoms with Crippen molar-refractivity contribution in [1.29, 1.82) is 0 Å². The maximum absolute atomic E-state index is 13.1. The van der Waals surface area contributed by atoms with E-state index in [0.717, 1.165) is 38.1 Å². The minimum absolute atomic E-state index is 0.250. The molecule has 0 radical (unpaired) electrons. The third kappa shape index (κ3) is 13.6. The molecule has 4 aromatic carbocycles. The summed E-state index contributed by atoms with van der Waals surface area (Å²) in [6, 6.07) is 15.4. The highest BCUT2D eigenvalue weighted by Crippen LogP contribution is 2.39. The van der Waals surface area contributed by atoms with Crippen LogP contribution in [0, 0.1) is 26.0 Å². The van der Waals surface area contributed by atoms with Gasteiger partial charge in [0.1, 0.15) is 16.9 Å². The highest BCUT2D eigenvalue weighted by atomic mass is 19.4. The van der Waals surface area contributed by atoms with E-state index in [1.54, 1.807) is 24.3 Å². The second kappa shape index (κ2) is 18.6. The number of alkyl halides is 6. The fourth-order valence-corrected chi connectivity index (χ4v) is 4.68. The average Bonchev–Trinajstić information content (AvgIpc) is 3.13. The molecule has 316 valence electrons. The second-order valence-corrected chi connectivity index (χ2v) is 12.9. The van der Waals surface area contributed by atoms with Crippen LogP contribution in [0.15, 0.2) is 84.9 Å². The molecule has 4 rings (SSSR count). The third-order valence-electron chi connectivity index (χ3n) is 7.81. The van der Waals surface area contributed by atoms with Gasteiger partial charge in [0.2, 0.25) is 5.91 Å². The van der Waals surface area contributed by atoms with Crippen molar-refractivity contribution in [3.05, 3.63) is 122 Å². The number of anilines is 5. The molecule has 59 heavy (non-hydrogen) atoms. The Morgan fingerprint density at radius 2 is 0.898 bits per heavy atom. The summed E-state index contributed by atoms with van der Waals surface area (Å²) in [5, 5.41) is 54.5. The fraction of sp³-hybridized carbons (Fsp3) is 0.250. The maximum atomic E-state index is 13.1. The van der Waals surface area contributed by atoms with Crippen molar-refractivity contribution >= 4 is 57.5 Å². The first-order valence-electron chi connectivity index (χ1n) is 16.6. The zero-order valence-corrected chi connectivity index (χ0v) is 30.8. The van der Waals surface area contributed by atoms with Crippen LogP contribution in [0.3, 0.4) is 0 Å². The van der Waals surface area contributed by atoms with Crippen LogP contribution in [-0.2, 0) is 26.7 Å². The van der Waals surface area contributed by atoms with Gasteiger partial charge in [-0.05, 0) is 86.6 Å². The van der Waals surface area contributed by atoms with Crippen molar-refractivity contribution in [3.63, 3.8) is 0 Å². The number of nitro groups is 2. The van der Waals surface area contributed by atoms with Crippen LogP contribution in [0.1, 0.15) is 31.9 Å². The standard InChI is InChI=1S/C19H19F3N4O5.C17H15F4N3O4/c1-11(27)24-13-5-3-12(4-6-13)23-10-18(2,29)17(28)25-14-7-8-16(26(30)31)15(9-14)19(20,21)22;1-16(26,9-22-11-4-2-10(18)3-5-11)15(25)23-12-6-7-14(24(27)28)13(8-12)17(19,20)21/h3-9,23,29H,10H2,1-2H3,(H,24,27)(H,25,28);2-8,22,26H,9H2,1H3,(H,23,25)/t18-;16-/m00/s1. The van der Waals surface area contributed by atoms with Gasteiger partial charge in [-0.15, -0.1) is 0 Å². The van der Waals surface area contributed by atoms with Crippen LogP contribution in [0.25, 0.3) is 0 Å². The molecule has 0 aromatic heterocycles. The van der Waals surface area contributed by atoms with Crippen molar-refractivity contribution in [2.24, 2.45) is 0 Å². The van der Waals surface area contributed by atoms with Crippen molar-refractivity contribution < 1.29 is 65.2 Å². The van der Waals surface area contributed by atoms with Gasteiger partial charge >= 0.3 is 12.4 Å². The first kappa shape index (κ1) is 46.5. The number of nitrogens with one attached hydrogen (secondary N) is 5. The number of halogens is 7. The average molecular weight is 842 g/mol. The third-order valence-corrected chi connectivity index (χ3v) is 7.81. The normalized spacial score (nSPS) is 13.3. The van der Waals surface area contributed by atoms with Crippen LogP contribution in [-0.4, -0.2) is 62.1 Å². The topological polar surface area (TPSA) is 238 Å². The first-order valence-corrected chi connectivity index (χ1v) is 16.6. The minimum Gasteiger partial charge on any atom is -0.382 e. The van der Waals surface area contributed by atoms with Crippen LogP contribution in [0.2, 0.25) is 0 Å². The summed E-state index contributed by atoms with van der Waals surface area (Å²) in [6.07, 6.45) is -10.0. The Kier molecular flexibility index (Phi) is 14.6. The SMILES string of the molecule is CC(=O)Nc1ccc(NC[C@](C)(O)C(=O)Nc2ccc([N+](=O)[O-])c(C(F)(F)F)c2)cc1.C[C@](O)(CNc1ccc(F)cc1)C(=O)Nc1ccc([N+](=O)[O-])c(C(F)(F)F)c1. The molecule has 0 fully saturated rings. The molecule has 0 aliphatic heterocycles. The Bertz CT molecular complexity index is 2180. The molecule has 16 nitrogen and oxygen atoms in total. The molecule has 3 amide bonds. The monoisotopic (exact) mass is 841 g/mol. The molecule has 0 aliphatic rings. The van der Waals surface area contributed by atoms with Gasteiger partial charge in [-0.1, -0.05) is 0 Å². The Morgan fingerprint density at radius 1 is 0.576 bits per heavy atom. The maximum Gasteiger partial charge on any atom is 0.423 e. The molecule has 0 spiro atoms. The summed E-state index contributed by atoms with van der Waals surface area (Å²) in [5.41, 5.74) is -8.70. The van der Waals surface area contributed by atoms with E-state index in [2.05, 4.69) is 26.6 Å². The highest BCUT2D eigenvalue weighted by molar-refractivity contribution is 5.98. The molecule has 7 N–H and O–H groups in total. The molecule has 0 saturated carbocycles. The summed E-state index contributed by atoms with van der Waals surface area (Å²) in [5.74, 6) is -2.78. The predicted octanol–water partition coefficient (Wildman–Crippen LogP) is 6.93. The van der Waals surface area contributed by atoms with Gasteiger partial charge in [-0.2, -0.15) is 26.3 Å². The lowest BCUT2D eigenvalue weighted by molar-refractivity contribution is -0.388. The number of rotatable bonds is 13. The number of nitro benzene ring substituents is 2. The van der Waals surface area contributed by atoms with Gasteiger partial charge in [-0.3, -0.25) is 34.6 Å². The molecule has 0 unspecified atom stereocenters. The van der Waals surface area contributed by atoms with Crippen molar-refractivity contribution in [2.45, 2.75) is 44.3 Å². The van der Waals surface area contributed by atoms with E-state index in [1.165, 1.54) is 19.1 Å². The highest BCUT2D eigenvalue weighted by Gasteiger charge is 2.40. The number of hydrogen-bond acceptors (Lipinski definition) is 11. The van der Waals surface area contributed by atoms with Gasteiger partial charge in [0.25, 0.3) is 23.2 Å². The van der Waals surface area contributed by atoms with E-state index in [0.29, 0.717) is 41.3 Å². The molecule has 0 bridgehead atoms. The summed E-state index contributed by atoms with van der Waals surface area (Å²) < 4.78 is 91.0. The largest absolute Gasteiger partial charge is 0.423 e. The Balaban J connectivity index is 0.000000317. The zero-order valence-electron chi connectivity index (χ0n) is 30.8. The van der Waals surface area contributed by atoms with Gasteiger partial charge in [0, 0.05) is 47.5 Å². The number of aliphatic hydroxyl groups is 2. The van der Waals surface area contributed by atoms with Gasteiger partial charge in [-0.25, -0.2) is 4.39 Å². The smallest absolute Gasteiger partial charge is 0.382 e. The van der Waals surface area contributed by atoms with E-state index in [1.807, 2.05) is 0 Å². The molecule has 2 atom stereocenters. The summed E-state index contributed by atoms with van der Waals surface area (Å²) in [4.78, 5) is 54.8. The van der Waals surface area contributed by atoms with Crippen molar-refractivity contribution in [1.82, 2.24) is 0 Å².